The quantitative estimate of drug-likeness (QED) is 0.830. The van der Waals surface area contributed by atoms with Crippen molar-refractivity contribution < 1.29 is 4.74 Å². The van der Waals surface area contributed by atoms with Crippen molar-refractivity contribution >= 4 is 0 Å². The van der Waals surface area contributed by atoms with E-state index >= 15 is 0 Å². The lowest BCUT2D eigenvalue weighted by Crippen LogP contribution is -2.14. The Hall–Kier alpha value is -1.88. The molecular weight excluding hydrogens is 264 g/mol. The Morgan fingerprint density at radius 3 is 2.67 bits per heavy atom. The summed E-state index contributed by atoms with van der Waals surface area (Å²) in [5, 5.41) is 7.79. The van der Waals surface area contributed by atoms with Crippen LogP contribution in [0.3, 0.4) is 0 Å². The highest BCUT2D eigenvalue weighted by Gasteiger charge is 2.14. The fraction of sp³-hybridized carbons (Fsp3) is 0.500. The Morgan fingerprint density at radius 2 is 2.05 bits per heavy atom. The van der Waals surface area contributed by atoms with Crippen molar-refractivity contribution in [3.63, 3.8) is 0 Å². The number of pyridine rings is 1. The van der Waals surface area contributed by atoms with Crippen molar-refractivity contribution in [1.29, 1.82) is 0 Å². The molecular formula is C16H24N4O. The lowest BCUT2D eigenvalue weighted by Gasteiger charge is -2.12. The Labute approximate surface area is 126 Å². The van der Waals surface area contributed by atoms with Crippen molar-refractivity contribution in [2.75, 3.05) is 6.54 Å². The van der Waals surface area contributed by atoms with Crippen LogP contribution in [0, 0.1) is 20.8 Å². The smallest absolute Gasteiger partial charge is 0.171 e. The number of ether oxygens (including phenoxy) is 1. The zero-order valence-corrected chi connectivity index (χ0v) is 13.5. The molecule has 0 unspecified atom stereocenters. The average molecular weight is 288 g/mol. The molecule has 1 N–H and O–H groups in total. The number of hydrogen-bond acceptors (Lipinski definition) is 4. The summed E-state index contributed by atoms with van der Waals surface area (Å²) in [7, 11) is 1.93. The fourth-order valence-corrected chi connectivity index (χ4v) is 2.20. The van der Waals surface area contributed by atoms with E-state index in [1.165, 1.54) is 0 Å². The molecule has 2 heterocycles. The molecule has 0 saturated carbocycles. The van der Waals surface area contributed by atoms with Gasteiger partial charge in [0.25, 0.3) is 0 Å². The standard InChI is InChI=1S/C16H24N4O/c1-6-7-17-9-14-10-18-11(2)8-15(14)21-16-12(3)19-20(5)13(16)4/h8,10,17H,6-7,9H2,1-5H3. The summed E-state index contributed by atoms with van der Waals surface area (Å²) >= 11 is 0. The van der Waals surface area contributed by atoms with Gasteiger partial charge in [-0.05, 0) is 33.7 Å². The molecule has 2 aromatic heterocycles. The average Bonchev–Trinajstić information content (AvgIpc) is 2.68. The minimum absolute atomic E-state index is 0.759. The van der Waals surface area contributed by atoms with E-state index in [2.05, 4.69) is 22.3 Å². The summed E-state index contributed by atoms with van der Waals surface area (Å²) in [5.74, 6) is 1.69. The van der Waals surface area contributed by atoms with Gasteiger partial charge < -0.3 is 10.1 Å². The number of aromatic nitrogens is 3. The number of hydrogen-bond donors (Lipinski definition) is 1. The maximum absolute atomic E-state index is 6.14. The molecule has 0 spiro atoms. The minimum Gasteiger partial charge on any atom is -0.453 e. The highest BCUT2D eigenvalue weighted by molar-refractivity contribution is 5.41. The first-order chi connectivity index (χ1) is 10.0. The van der Waals surface area contributed by atoms with Gasteiger partial charge in [0.15, 0.2) is 5.75 Å². The number of rotatable bonds is 6. The largest absolute Gasteiger partial charge is 0.453 e. The second-order valence-corrected chi connectivity index (χ2v) is 5.34. The van der Waals surface area contributed by atoms with Crippen molar-refractivity contribution in [1.82, 2.24) is 20.1 Å². The summed E-state index contributed by atoms with van der Waals surface area (Å²) in [4.78, 5) is 4.37. The number of nitrogens with zero attached hydrogens (tertiary/aromatic N) is 3. The molecule has 0 fully saturated rings. The van der Waals surface area contributed by atoms with Gasteiger partial charge in [-0.3, -0.25) is 9.67 Å². The number of aryl methyl sites for hydroxylation is 3. The molecule has 0 aliphatic rings. The Bertz CT molecular complexity index is 619. The van der Waals surface area contributed by atoms with E-state index in [-0.39, 0.29) is 0 Å². The molecule has 2 rings (SSSR count). The molecule has 0 amide bonds. The van der Waals surface area contributed by atoms with E-state index < -0.39 is 0 Å². The van der Waals surface area contributed by atoms with Crippen molar-refractivity contribution in [2.24, 2.45) is 7.05 Å². The van der Waals surface area contributed by atoms with Crippen LogP contribution in [0.5, 0.6) is 11.5 Å². The molecule has 0 atom stereocenters. The normalized spacial score (nSPS) is 10.9. The molecule has 0 aromatic carbocycles. The SMILES string of the molecule is CCCNCc1cnc(C)cc1Oc1c(C)nn(C)c1C. The zero-order chi connectivity index (χ0) is 15.4. The maximum atomic E-state index is 6.14. The van der Waals surface area contributed by atoms with Crippen molar-refractivity contribution in [3.8, 4) is 11.5 Å². The predicted octanol–water partition coefficient (Wildman–Crippen LogP) is 3.03. The van der Waals surface area contributed by atoms with Gasteiger partial charge in [0, 0.05) is 37.1 Å². The molecule has 5 heteroatoms. The first-order valence-electron chi connectivity index (χ1n) is 7.37. The van der Waals surface area contributed by atoms with Crippen molar-refractivity contribution in [3.05, 3.63) is 34.9 Å². The van der Waals surface area contributed by atoms with Gasteiger partial charge in [0.1, 0.15) is 11.4 Å². The molecule has 114 valence electrons. The molecule has 0 aliphatic carbocycles. The number of nitrogens with one attached hydrogen (secondary N) is 1. The van der Waals surface area contributed by atoms with Crippen molar-refractivity contribution in [2.45, 2.75) is 40.7 Å². The van der Waals surface area contributed by atoms with Gasteiger partial charge in [-0.1, -0.05) is 6.92 Å². The highest BCUT2D eigenvalue weighted by atomic mass is 16.5. The van der Waals surface area contributed by atoms with Crippen LogP contribution in [0.2, 0.25) is 0 Å². The Morgan fingerprint density at radius 1 is 1.29 bits per heavy atom. The summed E-state index contributed by atoms with van der Waals surface area (Å²) in [5.41, 5.74) is 3.94. The summed E-state index contributed by atoms with van der Waals surface area (Å²) in [6.07, 6.45) is 2.99. The highest BCUT2D eigenvalue weighted by Crippen LogP contribution is 2.30. The van der Waals surface area contributed by atoms with Crippen LogP contribution in [0.15, 0.2) is 12.3 Å². The van der Waals surface area contributed by atoms with Gasteiger partial charge in [-0.15, -0.1) is 0 Å². The van der Waals surface area contributed by atoms with Crippen LogP contribution >= 0.6 is 0 Å². The lowest BCUT2D eigenvalue weighted by molar-refractivity contribution is 0.463. The van der Waals surface area contributed by atoms with Crippen LogP contribution in [0.1, 0.15) is 36.0 Å². The molecule has 2 aromatic rings. The van der Waals surface area contributed by atoms with Crippen LogP contribution in [0.4, 0.5) is 0 Å². The van der Waals surface area contributed by atoms with Gasteiger partial charge in [-0.25, -0.2) is 0 Å². The molecule has 21 heavy (non-hydrogen) atoms. The summed E-state index contributed by atoms with van der Waals surface area (Å²) in [6.45, 7) is 9.84. The van der Waals surface area contributed by atoms with E-state index in [1.807, 2.05) is 44.8 Å². The van der Waals surface area contributed by atoms with Gasteiger partial charge in [0.05, 0.1) is 5.69 Å². The van der Waals surface area contributed by atoms with Crippen LogP contribution in [-0.4, -0.2) is 21.3 Å². The van der Waals surface area contributed by atoms with Gasteiger partial charge in [-0.2, -0.15) is 5.10 Å². The third-order valence-corrected chi connectivity index (χ3v) is 3.48. The second-order valence-electron chi connectivity index (χ2n) is 5.34. The van der Waals surface area contributed by atoms with E-state index in [9.17, 15) is 0 Å². The van der Waals surface area contributed by atoms with E-state index in [1.54, 1.807) is 0 Å². The molecule has 0 aliphatic heterocycles. The topological polar surface area (TPSA) is 52.0 Å². The summed E-state index contributed by atoms with van der Waals surface area (Å²) in [6, 6.07) is 1.98. The second kappa shape index (κ2) is 6.72. The Kier molecular flexibility index (Phi) is 4.96. The molecule has 0 radical (unpaired) electrons. The first kappa shape index (κ1) is 15.5. The monoisotopic (exact) mass is 288 g/mol. The van der Waals surface area contributed by atoms with Crippen LogP contribution in [-0.2, 0) is 13.6 Å². The van der Waals surface area contributed by atoms with Crippen LogP contribution in [0.25, 0.3) is 0 Å². The van der Waals surface area contributed by atoms with Gasteiger partial charge in [0.2, 0.25) is 0 Å². The van der Waals surface area contributed by atoms with Crippen LogP contribution < -0.4 is 10.1 Å². The molecule has 5 nitrogen and oxygen atoms in total. The van der Waals surface area contributed by atoms with Gasteiger partial charge >= 0.3 is 0 Å². The minimum atomic E-state index is 0.759. The fourth-order valence-electron chi connectivity index (χ4n) is 2.20. The lowest BCUT2D eigenvalue weighted by atomic mass is 10.2. The van der Waals surface area contributed by atoms with E-state index in [0.29, 0.717) is 0 Å². The summed E-state index contributed by atoms with van der Waals surface area (Å²) < 4.78 is 7.98. The zero-order valence-electron chi connectivity index (χ0n) is 13.5. The third-order valence-electron chi connectivity index (χ3n) is 3.48. The Balaban J connectivity index is 2.27. The molecule has 0 bridgehead atoms. The predicted molar refractivity (Wildman–Crippen MR) is 83.7 cm³/mol. The third kappa shape index (κ3) is 3.61. The maximum Gasteiger partial charge on any atom is 0.171 e. The first-order valence-corrected chi connectivity index (χ1v) is 7.37. The van der Waals surface area contributed by atoms with E-state index in [0.717, 1.165) is 53.7 Å². The van der Waals surface area contributed by atoms with E-state index in [4.69, 9.17) is 4.74 Å². The molecule has 0 saturated heterocycles.